The molecule has 2 rings (SSSR count). The van der Waals surface area contributed by atoms with Gasteiger partial charge >= 0.3 is 0 Å². The maximum Gasteiger partial charge on any atom is 0.0596 e. The van der Waals surface area contributed by atoms with E-state index < -0.39 is 0 Å². The van der Waals surface area contributed by atoms with Crippen molar-refractivity contribution in [3.63, 3.8) is 0 Å². The minimum absolute atomic E-state index is 0.259. The van der Waals surface area contributed by atoms with E-state index in [1.54, 1.807) is 14.2 Å². The third kappa shape index (κ3) is 5.21. The average Bonchev–Trinajstić information content (AvgIpc) is 2.60. The number of hydrogen-bond acceptors (Lipinski definition) is 4. The lowest BCUT2D eigenvalue weighted by molar-refractivity contribution is -0.0941. The molecule has 2 fully saturated rings. The Labute approximate surface area is 160 Å². The van der Waals surface area contributed by atoms with Gasteiger partial charge in [-0.15, -0.1) is 0 Å². The molecule has 8 atom stereocenters. The Bertz CT molecular complexity index is 368. The molecule has 0 saturated heterocycles. The summed E-state index contributed by atoms with van der Waals surface area (Å²) in [4.78, 5) is 0. The van der Waals surface area contributed by atoms with Gasteiger partial charge < -0.3 is 19.7 Å². The quantitative estimate of drug-likeness (QED) is 0.683. The Kier molecular flexibility index (Phi) is 8.85. The van der Waals surface area contributed by atoms with Crippen LogP contribution in [0, 0.1) is 41.4 Å². The molecule has 4 heteroatoms. The van der Waals surface area contributed by atoms with Crippen molar-refractivity contribution < 1.29 is 19.7 Å². The molecule has 2 saturated carbocycles. The molecule has 0 bridgehead atoms. The van der Waals surface area contributed by atoms with E-state index in [-0.39, 0.29) is 24.0 Å². The van der Waals surface area contributed by atoms with Gasteiger partial charge in [-0.2, -0.15) is 0 Å². The number of aliphatic hydroxyl groups is 2. The predicted octanol–water partition coefficient (Wildman–Crippen LogP) is 3.74. The van der Waals surface area contributed by atoms with Crippen LogP contribution in [0.1, 0.15) is 59.3 Å². The molecule has 26 heavy (non-hydrogen) atoms. The summed E-state index contributed by atoms with van der Waals surface area (Å²) in [5, 5.41) is 22.1. The summed E-state index contributed by atoms with van der Waals surface area (Å²) >= 11 is 0. The molecular formula is C22H42O4. The molecule has 0 aromatic rings. The van der Waals surface area contributed by atoms with Gasteiger partial charge in [0, 0.05) is 27.4 Å². The van der Waals surface area contributed by atoms with Gasteiger partial charge in [-0.05, 0) is 73.5 Å². The van der Waals surface area contributed by atoms with Crippen LogP contribution in [0.4, 0.5) is 0 Å². The highest BCUT2D eigenvalue weighted by Crippen LogP contribution is 2.47. The average molecular weight is 371 g/mol. The first-order chi connectivity index (χ1) is 12.4. The summed E-state index contributed by atoms with van der Waals surface area (Å²) in [6.07, 6.45) is 5.80. The second-order valence-corrected chi connectivity index (χ2v) is 9.30. The Balaban J connectivity index is 2.21. The molecule has 0 radical (unpaired) electrons. The summed E-state index contributed by atoms with van der Waals surface area (Å²) in [5.74, 6) is 2.59. The smallest absolute Gasteiger partial charge is 0.0596 e. The van der Waals surface area contributed by atoms with Gasteiger partial charge in [-0.3, -0.25) is 0 Å². The summed E-state index contributed by atoms with van der Waals surface area (Å²) in [6.45, 7) is 8.14. The molecule has 2 N–H and O–H groups in total. The highest BCUT2D eigenvalue weighted by atomic mass is 16.5. The minimum atomic E-state index is -0.259. The van der Waals surface area contributed by atoms with Gasteiger partial charge in [-0.25, -0.2) is 0 Å². The molecule has 2 aliphatic rings. The van der Waals surface area contributed by atoms with E-state index in [2.05, 4.69) is 20.8 Å². The fraction of sp³-hybridized carbons (Fsp3) is 1.00. The lowest BCUT2D eigenvalue weighted by Crippen LogP contribution is -2.48. The monoisotopic (exact) mass is 370 g/mol. The molecule has 4 nitrogen and oxygen atoms in total. The standard InChI is InChI=1S/C22H42O4/c1-6-7-18(19-10-16(12-25-4)8-14(2)21(19)23)20-11-17(13-26-5)9-15(3)22(20)24/h14-24H,6-13H2,1-5H3. The zero-order chi connectivity index (χ0) is 19.3. The Morgan fingerprint density at radius 2 is 1.23 bits per heavy atom. The van der Waals surface area contributed by atoms with Crippen LogP contribution in [0.3, 0.4) is 0 Å². The fourth-order valence-electron chi connectivity index (χ4n) is 6.09. The summed E-state index contributed by atoms with van der Waals surface area (Å²) in [5.41, 5.74) is 0. The fourth-order valence-corrected chi connectivity index (χ4v) is 6.09. The SMILES string of the molecule is CCCC(C1CC(COC)CC(C)C1O)C1CC(COC)CC(C)C1O. The van der Waals surface area contributed by atoms with Crippen molar-refractivity contribution in [1.29, 1.82) is 0 Å². The van der Waals surface area contributed by atoms with Crippen molar-refractivity contribution in [3.8, 4) is 0 Å². The van der Waals surface area contributed by atoms with E-state index in [0.717, 1.165) is 51.7 Å². The van der Waals surface area contributed by atoms with Crippen molar-refractivity contribution >= 4 is 0 Å². The number of ether oxygens (including phenoxy) is 2. The zero-order valence-electron chi connectivity index (χ0n) is 17.6. The Hall–Kier alpha value is -0.160. The van der Waals surface area contributed by atoms with Gasteiger partial charge in [0.25, 0.3) is 0 Å². The maximum atomic E-state index is 11.0. The van der Waals surface area contributed by atoms with Crippen LogP contribution < -0.4 is 0 Å². The molecule has 2 aliphatic carbocycles. The second kappa shape index (κ2) is 10.4. The zero-order valence-corrected chi connectivity index (χ0v) is 17.6. The summed E-state index contributed by atoms with van der Waals surface area (Å²) in [6, 6.07) is 0. The Morgan fingerprint density at radius 1 is 0.808 bits per heavy atom. The predicted molar refractivity (Wildman–Crippen MR) is 105 cm³/mol. The van der Waals surface area contributed by atoms with Crippen molar-refractivity contribution in [2.75, 3.05) is 27.4 Å². The van der Waals surface area contributed by atoms with Gasteiger partial charge in [0.2, 0.25) is 0 Å². The van der Waals surface area contributed by atoms with E-state index in [9.17, 15) is 10.2 Å². The Morgan fingerprint density at radius 3 is 1.58 bits per heavy atom. The van der Waals surface area contributed by atoms with E-state index in [1.165, 1.54) is 0 Å². The van der Waals surface area contributed by atoms with E-state index >= 15 is 0 Å². The van der Waals surface area contributed by atoms with Crippen LogP contribution in [-0.4, -0.2) is 49.9 Å². The first kappa shape index (κ1) is 22.1. The first-order valence-corrected chi connectivity index (χ1v) is 10.8. The summed E-state index contributed by atoms with van der Waals surface area (Å²) in [7, 11) is 3.55. The number of methoxy groups -OCH3 is 2. The molecule has 0 spiro atoms. The van der Waals surface area contributed by atoms with Crippen LogP contribution >= 0.6 is 0 Å². The van der Waals surface area contributed by atoms with Gasteiger partial charge in [0.15, 0.2) is 0 Å². The highest BCUT2D eigenvalue weighted by Gasteiger charge is 2.45. The van der Waals surface area contributed by atoms with Crippen molar-refractivity contribution in [2.45, 2.75) is 71.5 Å². The molecule has 8 unspecified atom stereocenters. The number of aliphatic hydroxyl groups excluding tert-OH is 2. The van der Waals surface area contributed by atoms with Gasteiger partial charge in [0.05, 0.1) is 12.2 Å². The highest BCUT2D eigenvalue weighted by molar-refractivity contribution is 4.95. The third-order valence-corrected chi connectivity index (χ3v) is 7.19. The lowest BCUT2D eigenvalue weighted by atomic mass is 9.60. The van der Waals surface area contributed by atoms with Gasteiger partial charge in [-0.1, -0.05) is 27.2 Å². The molecule has 154 valence electrons. The van der Waals surface area contributed by atoms with Crippen LogP contribution in [0.5, 0.6) is 0 Å². The normalized spacial score (nSPS) is 42.6. The molecule has 0 heterocycles. The third-order valence-electron chi connectivity index (χ3n) is 7.19. The molecule has 0 aliphatic heterocycles. The molecule has 0 aromatic carbocycles. The van der Waals surface area contributed by atoms with Crippen LogP contribution in [0.15, 0.2) is 0 Å². The van der Waals surface area contributed by atoms with Crippen molar-refractivity contribution in [1.82, 2.24) is 0 Å². The van der Waals surface area contributed by atoms with Crippen LogP contribution in [0.25, 0.3) is 0 Å². The van der Waals surface area contributed by atoms with E-state index in [0.29, 0.717) is 29.6 Å². The second-order valence-electron chi connectivity index (χ2n) is 9.30. The van der Waals surface area contributed by atoms with Crippen LogP contribution in [-0.2, 0) is 9.47 Å². The number of rotatable bonds is 8. The lowest BCUT2D eigenvalue weighted by Gasteiger charge is -2.48. The topological polar surface area (TPSA) is 58.9 Å². The van der Waals surface area contributed by atoms with Crippen LogP contribution in [0.2, 0.25) is 0 Å². The molecular weight excluding hydrogens is 328 g/mol. The largest absolute Gasteiger partial charge is 0.393 e. The van der Waals surface area contributed by atoms with E-state index in [4.69, 9.17) is 9.47 Å². The number of hydrogen-bond donors (Lipinski definition) is 2. The first-order valence-electron chi connectivity index (χ1n) is 10.8. The minimum Gasteiger partial charge on any atom is -0.393 e. The van der Waals surface area contributed by atoms with Crippen molar-refractivity contribution in [3.05, 3.63) is 0 Å². The van der Waals surface area contributed by atoms with Gasteiger partial charge in [0.1, 0.15) is 0 Å². The van der Waals surface area contributed by atoms with Crippen molar-refractivity contribution in [2.24, 2.45) is 41.4 Å². The van der Waals surface area contributed by atoms with E-state index in [1.807, 2.05) is 0 Å². The summed E-state index contributed by atoms with van der Waals surface area (Å²) < 4.78 is 10.9. The maximum absolute atomic E-state index is 11.0. The molecule has 0 amide bonds. The molecule has 0 aromatic heterocycles.